The van der Waals surface area contributed by atoms with Gasteiger partial charge in [0.05, 0.1) is 16.6 Å². The zero-order chi connectivity index (χ0) is 16.8. The first kappa shape index (κ1) is 17.7. The Morgan fingerprint density at radius 1 is 1.04 bits per heavy atom. The van der Waals surface area contributed by atoms with E-state index in [9.17, 15) is 9.59 Å². The van der Waals surface area contributed by atoms with Crippen molar-refractivity contribution in [2.45, 2.75) is 4.90 Å². The van der Waals surface area contributed by atoms with Gasteiger partial charge >= 0.3 is 0 Å². The van der Waals surface area contributed by atoms with Gasteiger partial charge in [0.15, 0.2) is 0 Å². The fraction of sp³-hybridized carbons (Fsp3) is 0.125. The summed E-state index contributed by atoms with van der Waals surface area (Å²) in [6.07, 6.45) is 1.98. The number of rotatable bonds is 5. The highest BCUT2D eigenvalue weighted by Gasteiger charge is 2.10. The van der Waals surface area contributed by atoms with Crippen LogP contribution in [0.2, 0.25) is 10.0 Å². The normalized spacial score (nSPS) is 10.2. The van der Waals surface area contributed by atoms with Gasteiger partial charge in [-0.2, -0.15) is 0 Å². The topological polar surface area (TPSA) is 58.2 Å². The molecule has 0 radical (unpaired) electrons. The molecule has 2 amide bonds. The van der Waals surface area contributed by atoms with E-state index in [4.69, 9.17) is 23.2 Å². The van der Waals surface area contributed by atoms with Crippen molar-refractivity contribution in [1.82, 2.24) is 5.32 Å². The molecule has 2 aromatic rings. The fourth-order valence-electron chi connectivity index (χ4n) is 1.78. The molecule has 120 valence electrons. The van der Waals surface area contributed by atoms with Crippen LogP contribution in [0.3, 0.4) is 0 Å². The smallest absolute Gasteiger partial charge is 0.251 e. The van der Waals surface area contributed by atoms with Crippen LogP contribution in [0.5, 0.6) is 0 Å². The van der Waals surface area contributed by atoms with Gasteiger partial charge in [-0.3, -0.25) is 9.59 Å². The third-order valence-corrected chi connectivity index (χ3v) is 4.45. The molecule has 0 aliphatic rings. The Bertz CT molecular complexity index is 721. The first-order valence-electron chi connectivity index (χ1n) is 6.67. The quantitative estimate of drug-likeness (QED) is 0.781. The second-order valence-electron chi connectivity index (χ2n) is 4.59. The van der Waals surface area contributed by atoms with E-state index in [1.165, 1.54) is 12.1 Å². The lowest BCUT2D eigenvalue weighted by Gasteiger charge is -2.08. The summed E-state index contributed by atoms with van der Waals surface area (Å²) in [6.45, 7) is -0.136. The fourth-order valence-corrected chi connectivity index (χ4v) is 2.49. The van der Waals surface area contributed by atoms with Crippen LogP contribution < -0.4 is 10.6 Å². The number of benzene rings is 2. The Kier molecular flexibility index (Phi) is 6.33. The molecule has 0 unspecified atom stereocenters. The number of hydrogen-bond donors (Lipinski definition) is 2. The number of nitrogens with one attached hydrogen (secondary N) is 2. The van der Waals surface area contributed by atoms with E-state index in [0.717, 1.165) is 4.90 Å². The minimum Gasteiger partial charge on any atom is -0.343 e. The Morgan fingerprint density at radius 2 is 1.74 bits per heavy atom. The summed E-state index contributed by atoms with van der Waals surface area (Å²) in [4.78, 5) is 24.9. The summed E-state index contributed by atoms with van der Waals surface area (Å²) in [7, 11) is 0. The van der Waals surface area contributed by atoms with E-state index < -0.39 is 5.91 Å². The van der Waals surface area contributed by atoms with E-state index in [0.29, 0.717) is 16.3 Å². The van der Waals surface area contributed by atoms with Crippen molar-refractivity contribution in [2.75, 3.05) is 18.1 Å². The van der Waals surface area contributed by atoms with Gasteiger partial charge in [0.1, 0.15) is 0 Å². The summed E-state index contributed by atoms with van der Waals surface area (Å²) in [5.41, 5.74) is 1.02. The summed E-state index contributed by atoms with van der Waals surface area (Å²) < 4.78 is 0. The number of amides is 2. The van der Waals surface area contributed by atoms with Crippen molar-refractivity contribution in [3.05, 3.63) is 58.1 Å². The molecule has 0 fully saturated rings. The molecule has 0 aliphatic heterocycles. The predicted octanol–water partition coefficient (Wildman–Crippen LogP) is 4.08. The summed E-state index contributed by atoms with van der Waals surface area (Å²) in [5, 5.41) is 5.90. The van der Waals surface area contributed by atoms with Gasteiger partial charge in [0.25, 0.3) is 5.91 Å². The van der Waals surface area contributed by atoms with Gasteiger partial charge in [-0.15, -0.1) is 11.8 Å². The summed E-state index contributed by atoms with van der Waals surface area (Å²) in [5.74, 6) is -0.702. The van der Waals surface area contributed by atoms with E-state index >= 15 is 0 Å². The molecular formula is C16H14Cl2N2O2S. The average Bonchev–Trinajstić information content (AvgIpc) is 2.56. The van der Waals surface area contributed by atoms with Crippen LogP contribution in [0.25, 0.3) is 0 Å². The van der Waals surface area contributed by atoms with Gasteiger partial charge < -0.3 is 10.6 Å². The van der Waals surface area contributed by atoms with Gasteiger partial charge in [-0.05, 0) is 48.7 Å². The van der Waals surface area contributed by atoms with Crippen LogP contribution in [0.1, 0.15) is 10.4 Å². The Balaban J connectivity index is 1.87. The van der Waals surface area contributed by atoms with E-state index in [1.54, 1.807) is 17.8 Å². The first-order valence-corrected chi connectivity index (χ1v) is 8.65. The van der Waals surface area contributed by atoms with Gasteiger partial charge in [-0.1, -0.05) is 23.2 Å². The molecule has 0 heterocycles. The molecule has 2 rings (SSSR count). The maximum atomic E-state index is 12.0. The third-order valence-electron chi connectivity index (χ3n) is 2.97. The van der Waals surface area contributed by atoms with E-state index in [2.05, 4.69) is 10.6 Å². The minimum atomic E-state index is -0.392. The molecule has 0 aliphatic carbocycles. The monoisotopic (exact) mass is 368 g/mol. The lowest BCUT2D eigenvalue weighted by molar-refractivity contribution is -0.115. The lowest BCUT2D eigenvalue weighted by atomic mass is 10.2. The number of anilines is 1. The zero-order valence-corrected chi connectivity index (χ0v) is 14.6. The molecule has 2 N–H and O–H groups in total. The Labute approximate surface area is 148 Å². The highest BCUT2D eigenvalue weighted by molar-refractivity contribution is 7.98. The highest BCUT2D eigenvalue weighted by Crippen LogP contribution is 2.22. The van der Waals surface area contributed by atoms with E-state index in [1.807, 2.05) is 30.5 Å². The summed E-state index contributed by atoms with van der Waals surface area (Å²) in [6, 6.07) is 12.0. The number of thioether (sulfide) groups is 1. The Morgan fingerprint density at radius 3 is 2.35 bits per heavy atom. The maximum absolute atomic E-state index is 12.0. The van der Waals surface area contributed by atoms with E-state index in [-0.39, 0.29) is 17.5 Å². The van der Waals surface area contributed by atoms with Gasteiger partial charge in [-0.25, -0.2) is 0 Å². The van der Waals surface area contributed by atoms with Crippen molar-refractivity contribution in [2.24, 2.45) is 0 Å². The molecule has 0 bridgehead atoms. The first-order chi connectivity index (χ1) is 11.0. The molecule has 2 aromatic carbocycles. The standard InChI is InChI=1S/C16H14Cl2N2O2S/c1-23-12-5-3-11(4-6-12)20-15(21)9-19-16(22)10-2-7-13(17)14(18)8-10/h2-8H,9H2,1H3,(H,19,22)(H,20,21). The van der Waals surface area contributed by atoms with Crippen molar-refractivity contribution < 1.29 is 9.59 Å². The maximum Gasteiger partial charge on any atom is 0.251 e. The number of carbonyl (C=O) groups is 2. The minimum absolute atomic E-state index is 0.136. The summed E-state index contributed by atoms with van der Waals surface area (Å²) >= 11 is 13.3. The van der Waals surface area contributed by atoms with Crippen LogP contribution >= 0.6 is 35.0 Å². The molecule has 23 heavy (non-hydrogen) atoms. The Hall–Kier alpha value is -1.69. The molecule has 4 nitrogen and oxygen atoms in total. The van der Waals surface area contributed by atoms with Crippen LogP contribution in [-0.4, -0.2) is 24.6 Å². The van der Waals surface area contributed by atoms with Gasteiger partial charge in [0.2, 0.25) is 5.91 Å². The number of halogens is 2. The van der Waals surface area contributed by atoms with Crippen LogP contribution in [0.4, 0.5) is 5.69 Å². The SMILES string of the molecule is CSc1ccc(NC(=O)CNC(=O)c2ccc(Cl)c(Cl)c2)cc1. The van der Waals surface area contributed by atoms with Crippen LogP contribution in [-0.2, 0) is 4.79 Å². The van der Waals surface area contributed by atoms with Crippen molar-refractivity contribution in [3.8, 4) is 0 Å². The molecular weight excluding hydrogens is 355 g/mol. The third kappa shape index (κ3) is 5.16. The van der Waals surface area contributed by atoms with Crippen molar-refractivity contribution in [3.63, 3.8) is 0 Å². The largest absolute Gasteiger partial charge is 0.343 e. The van der Waals surface area contributed by atoms with Crippen molar-refractivity contribution >= 4 is 52.5 Å². The van der Waals surface area contributed by atoms with Gasteiger partial charge in [0, 0.05) is 16.1 Å². The predicted molar refractivity (Wildman–Crippen MR) is 95.6 cm³/mol. The van der Waals surface area contributed by atoms with Crippen LogP contribution in [0, 0.1) is 0 Å². The average molecular weight is 369 g/mol. The zero-order valence-electron chi connectivity index (χ0n) is 12.2. The number of carbonyl (C=O) groups excluding carboxylic acids is 2. The second-order valence-corrected chi connectivity index (χ2v) is 6.28. The van der Waals surface area contributed by atoms with Crippen LogP contribution in [0.15, 0.2) is 47.4 Å². The molecule has 0 atom stereocenters. The highest BCUT2D eigenvalue weighted by atomic mass is 35.5. The molecule has 0 saturated heterocycles. The molecule has 0 aromatic heterocycles. The second kappa shape index (κ2) is 8.24. The van der Waals surface area contributed by atoms with Crippen molar-refractivity contribution in [1.29, 1.82) is 0 Å². The molecule has 0 saturated carbocycles. The molecule has 0 spiro atoms. The lowest BCUT2D eigenvalue weighted by Crippen LogP contribution is -2.32. The number of hydrogen-bond acceptors (Lipinski definition) is 3. The molecule has 7 heteroatoms.